The lowest BCUT2D eigenvalue weighted by Gasteiger charge is -2.34. The van der Waals surface area contributed by atoms with E-state index in [0.717, 1.165) is 42.4 Å². The number of hydrogen-bond acceptors (Lipinski definition) is 5. The van der Waals surface area contributed by atoms with E-state index < -0.39 is 36.3 Å². The molecule has 1 aromatic rings. The van der Waals surface area contributed by atoms with Crippen LogP contribution in [0.15, 0.2) is 18.2 Å². The Kier molecular flexibility index (Phi) is 9.28. The zero-order valence-electron chi connectivity index (χ0n) is 20.7. The first-order valence-corrected chi connectivity index (χ1v) is 11.7. The van der Waals surface area contributed by atoms with Crippen LogP contribution >= 0.6 is 0 Å². The number of likely N-dealkylation sites (N-methyl/N-ethyl adjacent to an activating group) is 1. The van der Waals surface area contributed by atoms with Crippen LogP contribution in [0.25, 0.3) is 0 Å². The van der Waals surface area contributed by atoms with Crippen molar-refractivity contribution in [1.82, 2.24) is 15.5 Å². The summed E-state index contributed by atoms with van der Waals surface area (Å²) in [6.07, 6.45) is 4.34. The molecular formula is C25H39N3O5. The molecule has 33 heavy (non-hydrogen) atoms. The average molecular weight is 462 g/mol. The van der Waals surface area contributed by atoms with E-state index in [4.69, 9.17) is 4.74 Å². The quantitative estimate of drug-likeness (QED) is 0.578. The molecule has 0 spiro atoms. The van der Waals surface area contributed by atoms with Crippen LogP contribution in [0.2, 0.25) is 0 Å². The number of carbonyl (C=O) groups is 3. The van der Waals surface area contributed by atoms with Gasteiger partial charge < -0.3 is 25.4 Å². The Labute approximate surface area is 197 Å². The van der Waals surface area contributed by atoms with Gasteiger partial charge in [-0.1, -0.05) is 37.5 Å². The van der Waals surface area contributed by atoms with Gasteiger partial charge in [0.1, 0.15) is 17.7 Å². The molecule has 2 atom stereocenters. The van der Waals surface area contributed by atoms with Crippen LogP contribution in [0.1, 0.15) is 75.6 Å². The van der Waals surface area contributed by atoms with E-state index in [-0.39, 0.29) is 11.9 Å². The first-order chi connectivity index (χ1) is 15.4. The van der Waals surface area contributed by atoms with Crippen LogP contribution in [0.3, 0.4) is 0 Å². The SMILES string of the molecule is Cc1cccc(C)c1C(C(=O)NC1CCCCC1)N(C)C(=O)C(CO)NC(=O)OC(C)(C)C. The summed E-state index contributed by atoms with van der Waals surface area (Å²) in [5, 5.41) is 15.4. The van der Waals surface area contributed by atoms with Gasteiger partial charge in [-0.2, -0.15) is 0 Å². The molecule has 1 aliphatic rings. The number of carbonyl (C=O) groups excluding carboxylic acids is 3. The Morgan fingerprint density at radius 3 is 2.21 bits per heavy atom. The summed E-state index contributed by atoms with van der Waals surface area (Å²) >= 11 is 0. The number of aliphatic hydroxyl groups is 1. The number of alkyl carbamates (subject to hydrolysis) is 1. The number of amides is 3. The highest BCUT2D eigenvalue weighted by Crippen LogP contribution is 2.28. The van der Waals surface area contributed by atoms with E-state index in [0.29, 0.717) is 0 Å². The number of nitrogens with one attached hydrogen (secondary N) is 2. The number of hydrogen-bond donors (Lipinski definition) is 3. The molecule has 0 aromatic heterocycles. The zero-order chi connectivity index (χ0) is 24.8. The summed E-state index contributed by atoms with van der Waals surface area (Å²) in [4.78, 5) is 40.3. The Bertz CT molecular complexity index is 823. The van der Waals surface area contributed by atoms with Crippen molar-refractivity contribution in [3.8, 4) is 0 Å². The highest BCUT2D eigenvalue weighted by molar-refractivity contribution is 5.92. The van der Waals surface area contributed by atoms with Gasteiger partial charge >= 0.3 is 6.09 Å². The molecule has 1 fully saturated rings. The van der Waals surface area contributed by atoms with Gasteiger partial charge in [-0.05, 0) is 64.2 Å². The largest absolute Gasteiger partial charge is 0.444 e. The summed E-state index contributed by atoms with van der Waals surface area (Å²) in [7, 11) is 1.53. The van der Waals surface area contributed by atoms with Gasteiger partial charge in [0.2, 0.25) is 11.8 Å². The van der Waals surface area contributed by atoms with Gasteiger partial charge in [0, 0.05) is 13.1 Å². The average Bonchev–Trinajstić information content (AvgIpc) is 2.73. The molecule has 0 saturated heterocycles. The first-order valence-electron chi connectivity index (χ1n) is 11.7. The van der Waals surface area contributed by atoms with Gasteiger partial charge in [0.05, 0.1) is 6.61 Å². The van der Waals surface area contributed by atoms with Crippen molar-refractivity contribution in [3.63, 3.8) is 0 Å². The van der Waals surface area contributed by atoms with Crippen molar-refractivity contribution in [2.45, 2.75) is 90.4 Å². The second-order valence-corrected chi connectivity index (χ2v) is 9.88. The van der Waals surface area contributed by atoms with Crippen LogP contribution in [0.5, 0.6) is 0 Å². The van der Waals surface area contributed by atoms with Gasteiger partial charge in [-0.15, -0.1) is 0 Å². The molecule has 184 valence electrons. The molecule has 0 radical (unpaired) electrons. The van der Waals surface area contributed by atoms with Crippen LogP contribution in [0.4, 0.5) is 4.79 Å². The summed E-state index contributed by atoms with van der Waals surface area (Å²) in [5.74, 6) is -0.834. The van der Waals surface area contributed by atoms with E-state index in [1.165, 1.54) is 18.4 Å². The molecule has 1 aliphatic carbocycles. The number of rotatable bonds is 7. The maximum absolute atomic E-state index is 13.5. The molecule has 0 bridgehead atoms. The minimum Gasteiger partial charge on any atom is -0.444 e. The van der Waals surface area contributed by atoms with E-state index in [1.807, 2.05) is 32.0 Å². The predicted octanol–water partition coefficient (Wildman–Crippen LogP) is 3.14. The molecule has 2 rings (SSSR count). The summed E-state index contributed by atoms with van der Waals surface area (Å²) < 4.78 is 5.22. The predicted molar refractivity (Wildman–Crippen MR) is 127 cm³/mol. The van der Waals surface area contributed by atoms with Gasteiger partial charge in [0.15, 0.2) is 0 Å². The number of aryl methyl sites for hydroxylation is 2. The molecule has 8 heteroatoms. The highest BCUT2D eigenvalue weighted by atomic mass is 16.6. The Morgan fingerprint density at radius 1 is 1.12 bits per heavy atom. The fourth-order valence-corrected chi connectivity index (χ4v) is 4.29. The Balaban J connectivity index is 2.31. The minimum atomic E-state index is -1.24. The van der Waals surface area contributed by atoms with Crippen molar-refractivity contribution in [2.24, 2.45) is 0 Å². The third kappa shape index (κ3) is 7.45. The normalized spacial score (nSPS) is 16.5. The monoisotopic (exact) mass is 461 g/mol. The molecule has 1 aromatic carbocycles. The summed E-state index contributed by atoms with van der Waals surface area (Å²) in [6, 6.07) is 3.67. The maximum Gasteiger partial charge on any atom is 0.408 e. The smallest absolute Gasteiger partial charge is 0.408 e. The minimum absolute atomic E-state index is 0.0788. The van der Waals surface area contributed by atoms with Crippen LogP contribution in [0, 0.1) is 13.8 Å². The Hall–Kier alpha value is -2.61. The maximum atomic E-state index is 13.5. The van der Waals surface area contributed by atoms with Crippen molar-refractivity contribution < 1.29 is 24.2 Å². The molecule has 3 amide bonds. The standard InChI is InChI=1S/C25H39N3O5/c1-16-11-10-12-17(2)20(16)21(22(30)26-18-13-8-7-9-14-18)28(6)23(31)19(15-29)27-24(32)33-25(3,4)5/h10-12,18-19,21,29H,7-9,13-15H2,1-6H3,(H,26,30)(H,27,32). The van der Waals surface area contributed by atoms with E-state index in [1.54, 1.807) is 20.8 Å². The number of aliphatic hydroxyl groups excluding tert-OH is 1. The van der Waals surface area contributed by atoms with Crippen molar-refractivity contribution in [1.29, 1.82) is 0 Å². The van der Waals surface area contributed by atoms with Gasteiger partial charge in [0.25, 0.3) is 0 Å². The van der Waals surface area contributed by atoms with E-state index >= 15 is 0 Å². The summed E-state index contributed by atoms with van der Waals surface area (Å²) in [5.41, 5.74) is 1.77. The van der Waals surface area contributed by atoms with E-state index in [9.17, 15) is 19.5 Å². The molecule has 0 aliphatic heterocycles. The van der Waals surface area contributed by atoms with Crippen LogP contribution in [-0.4, -0.2) is 59.3 Å². The fraction of sp³-hybridized carbons (Fsp3) is 0.640. The number of ether oxygens (including phenoxy) is 1. The van der Waals surface area contributed by atoms with E-state index in [2.05, 4.69) is 10.6 Å². The lowest BCUT2D eigenvalue weighted by molar-refractivity contribution is -0.142. The van der Waals surface area contributed by atoms with Crippen LogP contribution < -0.4 is 10.6 Å². The highest BCUT2D eigenvalue weighted by Gasteiger charge is 2.36. The van der Waals surface area contributed by atoms with Crippen molar-refractivity contribution in [3.05, 3.63) is 34.9 Å². The second-order valence-electron chi connectivity index (χ2n) is 9.88. The molecule has 2 unspecified atom stereocenters. The fourth-order valence-electron chi connectivity index (χ4n) is 4.29. The topological polar surface area (TPSA) is 108 Å². The lowest BCUT2D eigenvalue weighted by Crippen LogP contribution is -2.54. The zero-order valence-corrected chi connectivity index (χ0v) is 20.7. The van der Waals surface area contributed by atoms with Gasteiger partial charge in [-0.3, -0.25) is 9.59 Å². The first kappa shape index (κ1) is 26.6. The molecule has 3 N–H and O–H groups in total. The molecule has 0 heterocycles. The summed E-state index contributed by atoms with van der Waals surface area (Å²) in [6.45, 7) is 8.32. The van der Waals surface area contributed by atoms with Crippen molar-refractivity contribution in [2.75, 3.05) is 13.7 Å². The number of benzene rings is 1. The van der Waals surface area contributed by atoms with Crippen molar-refractivity contribution >= 4 is 17.9 Å². The van der Waals surface area contributed by atoms with Gasteiger partial charge in [-0.25, -0.2) is 4.79 Å². The second kappa shape index (κ2) is 11.5. The Morgan fingerprint density at radius 2 is 1.70 bits per heavy atom. The molecular weight excluding hydrogens is 422 g/mol. The number of nitrogens with zero attached hydrogens (tertiary/aromatic N) is 1. The third-order valence-electron chi connectivity index (χ3n) is 5.92. The third-order valence-corrected chi connectivity index (χ3v) is 5.92. The van der Waals surface area contributed by atoms with Crippen LogP contribution in [-0.2, 0) is 14.3 Å². The molecule has 1 saturated carbocycles. The lowest BCUT2D eigenvalue weighted by atomic mass is 9.92. The molecule has 8 nitrogen and oxygen atoms in total.